The van der Waals surface area contributed by atoms with Crippen LogP contribution in [0.15, 0.2) is 24.3 Å². The van der Waals surface area contributed by atoms with Crippen molar-refractivity contribution in [3.8, 4) is 0 Å². The number of aryl methyl sites for hydroxylation is 1. The maximum atomic E-state index is 12.0. The predicted molar refractivity (Wildman–Crippen MR) is 92.6 cm³/mol. The zero-order chi connectivity index (χ0) is 17.4. The summed E-state index contributed by atoms with van der Waals surface area (Å²) < 4.78 is 4.99. The summed E-state index contributed by atoms with van der Waals surface area (Å²) in [6, 6.07) is 8.38. The van der Waals surface area contributed by atoms with Crippen molar-refractivity contribution >= 4 is 12.0 Å². The lowest BCUT2D eigenvalue weighted by molar-refractivity contribution is -0.121. The van der Waals surface area contributed by atoms with Crippen molar-refractivity contribution in [2.75, 3.05) is 26.2 Å². The molecule has 1 heterocycles. The van der Waals surface area contributed by atoms with Gasteiger partial charge in [-0.25, -0.2) is 4.79 Å². The van der Waals surface area contributed by atoms with E-state index < -0.39 is 0 Å². The van der Waals surface area contributed by atoms with Crippen molar-refractivity contribution in [1.82, 2.24) is 15.5 Å². The number of nitrogens with zero attached hydrogens (tertiary/aromatic N) is 1. The topological polar surface area (TPSA) is 70.7 Å². The first-order valence-corrected chi connectivity index (χ1v) is 8.55. The van der Waals surface area contributed by atoms with Crippen LogP contribution in [0.1, 0.15) is 30.9 Å². The van der Waals surface area contributed by atoms with E-state index in [0.717, 1.165) is 18.4 Å². The minimum atomic E-state index is -0.262. The lowest BCUT2D eigenvalue weighted by atomic mass is 10.1. The van der Waals surface area contributed by atoms with Crippen LogP contribution in [0.25, 0.3) is 0 Å². The molecule has 0 unspecified atom stereocenters. The fourth-order valence-corrected chi connectivity index (χ4v) is 2.73. The van der Waals surface area contributed by atoms with Gasteiger partial charge in [-0.2, -0.15) is 0 Å². The minimum absolute atomic E-state index is 0.00306. The highest BCUT2D eigenvalue weighted by Crippen LogP contribution is 2.11. The minimum Gasteiger partial charge on any atom is -0.450 e. The van der Waals surface area contributed by atoms with E-state index in [1.807, 2.05) is 0 Å². The van der Waals surface area contributed by atoms with Crippen LogP contribution in [0.5, 0.6) is 0 Å². The standard InChI is InChI=1S/C18H27N3O3/c1-3-24-18(23)21-10-8-16(9-11-21)20-17(22)13-19-12-15-6-4-14(2)5-7-15/h4-7,16,19H,3,8-13H2,1-2H3,(H,20,22). The van der Waals surface area contributed by atoms with Gasteiger partial charge in [0, 0.05) is 25.7 Å². The second kappa shape index (κ2) is 9.27. The van der Waals surface area contributed by atoms with Gasteiger partial charge >= 0.3 is 6.09 Å². The molecule has 2 amide bonds. The summed E-state index contributed by atoms with van der Waals surface area (Å²) in [4.78, 5) is 25.3. The molecule has 0 aromatic heterocycles. The molecule has 24 heavy (non-hydrogen) atoms. The third kappa shape index (κ3) is 5.85. The first-order valence-electron chi connectivity index (χ1n) is 8.55. The van der Waals surface area contributed by atoms with E-state index in [0.29, 0.717) is 32.8 Å². The molecule has 6 heteroatoms. The Kier molecular flexibility index (Phi) is 7.06. The molecule has 1 fully saturated rings. The number of benzene rings is 1. The number of rotatable bonds is 6. The summed E-state index contributed by atoms with van der Waals surface area (Å²) in [5.74, 6) is -0.00306. The number of nitrogens with one attached hydrogen (secondary N) is 2. The van der Waals surface area contributed by atoms with Gasteiger partial charge in [0.05, 0.1) is 13.2 Å². The van der Waals surface area contributed by atoms with Crippen LogP contribution in [0.2, 0.25) is 0 Å². The van der Waals surface area contributed by atoms with Gasteiger partial charge in [0.15, 0.2) is 0 Å². The highest BCUT2D eigenvalue weighted by molar-refractivity contribution is 5.78. The lowest BCUT2D eigenvalue weighted by Crippen LogP contribution is -2.48. The third-order valence-electron chi connectivity index (χ3n) is 4.12. The number of carbonyl (C=O) groups excluding carboxylic acids is 2. The molecule has 1 aromatic rings. The predicted octanol–water partition coefficient (Wildman–Crippen LogP) is 1.82. The van der Waals surface area contributed by atoms with Crippen LogP contribution in [0.3, 0.4) is 0 Å². The number of hydrogen-bond acceptors (Lipinski definition) is 4. The lowest BCUT2D eigenvalue weighted by Gasteiger charge is -2.31. The van der Waals surface area contributed by atoms with Crippen LogP contribution in [0.4, 0.5) is 4.79 Å². The molecule has 0 saturated carbocycles. The third-order valence-corrected chi connectivity index (χ3v) is 4.12. The normalized spacial score (nSPS) is 15.2. The van der Waals surface area contributed by atoms with Gasteiger partial charge in [0.25, 0.3) is 0 Å². The molecule has 1 saturated heterocycles. The molecule has 0 aliphatic carbocycles. The largest absolute Gasteiger partial charge is 0.450 e. The van der Waals surface area contributed by atoms with Gasteiger partial charge in [-0.1, -0.05) is 29.8 Å². The number of carbonyl (C=O) groups is 2. The van der Waals surface area contributed by atoms with E-state index in [1.165, 1.54) is 5.56 Å². The molecule has 1 aliphatic rings. The van der Waals surface area contributed by atoms with Crippen LogP contribution in [-0.2, 0) is 16.1 Å². The van der Waals surface area contributed by atoms with E-state index in [2.05, 4.69) is 41.8 Å². The average Bonchev–Trinajstić information content (AvgIpc) is 2.57. The Morgan fingerprint density at radius 2 is 1.88 bits per heavy atom. The molecule has 0 bridgehead atoms. The Hall–Kier alpha value is -2.08. The second-order valence-corrected chi connectivity index (χ2v) is 6.12. The van der Waals surface area contributed by atoms with E-state index in [1.54, 1.807) is 11.8 Å². The number of ether oxygens (including phenoxy) is 1. The molecular weight excluding hydrogens is 306 g/mol. The van der Waals surface area contributed by atoms with Gasteiger partial charge in [-0.05, 0) is 32.3 Å². The second-order valence-electron chi connectivity index (χ2n) is 6.12. The first kappa shape index (κ1) is 18.3. The van der Waals surface area contributed by atoms with Crippen LogP contribution >= 0.6 is 0 Å². The van der Waals surface area contributed by atoms with Crippen molar-refractivity contribution < 1.29 is 14.3 Å². The summed E-state index contributed by atoms with van der Waals surface area (Å²) in [6.45, 7) is 6.47. The first-order chi connectivity index (χ1) is 11.6. The Labute approximate surface area is 143 Å². The van der Waals surface area contributed by atoms with E-state index in [4.69, 9.17) is 4.74 Å². The van der Waals surface area contributed by atoms with Crippen molar-refractivity contribution in [1.29, 1.82) is 0 Å². The molecule has 2 N–H and O–H groups in total. The van der Waals surface area contributed by atoms with Crippen LogP contribution in [-0.4, -0.2) is 49.2 Å². The fraction of sp³-hybridized carbons (Fsp3) is 0.556. The monoisotopic (exact) mass is 333 g/mol. The molecule has 2 rings (SSSR count). The van der Waals surface area contributed by atoms with E-state index in [9.17, 15) is 9.59 Å². The maximum Gasteiger partial charge on any atom is 0.409 e. The zero-order valence-corrected chi connectivity index (χ0v) is 14.5. The summed E-state index contributed by atoms with van der Waals surface area (Å²) in [6.07, 6.45) is 1.27. The number of hydrogen-bond donors (Lipinski definition) is 2. The van der Waals surface area contributed by atoms with Crippen molar-refractivity contribution in [2.24, 2.45) is 0 Å². The van der Waals surface area contributed by atoms with Crippen LogP contribution < -0.4 is 10.6 Å². The Morgan fingerprint density at radius 1 is 1.21 bits per heavy atom. The summed E-state index contributed by atoms with van der Waals surface area (Å²) in [7, 11) is 0. The molecule has 6 nitrogen and oxygen atoms in total. The fourth-order valence-electron chi connectivity index (χ4n) is 2.73. The summed E-state index contributed by atoms with van der Waals surface area (Å²) >= 11 is 0. The average molecular weight is 333 g/mol. The van der Waals surface area contributed by atoms with Gasteiger partial charge in [-0.15, -0.1) is 0 Å². The Balaban J connectivity index is 1.63. The Morgan fingerprint density at radius 3 is 2.50 bits per heavy atom. The molecule has 1 aromatic carbocycles. The Bertz CT molecular complexity index is 537. The summed E-state index contributed by atoms with van der Waals surface area (Å²) in [5.41, 5.74) is 2.39. The smallest absolute Gasteiger partial charge is 0.409 e. The quantitative estimate of drug-likeness (QED) is 0.833. The SMILES string of the molecule is CCOC(=O)N1CCC(NC(=O)CNCc2ccc(C)cc2)CC1. The van der Waals surface area contributed by atoms with Crippen molar-refractivity contribution in [3.05, 3.63) is 35.4 Å². The van der Waals surface area contributed by atoms with Gasteiger partial charge in [0.2, 0.25) is 5.91 Å². The zero-order valence-electron chi connectivity index (χ0n) is 14.5. The molecule has 0 spiro atoms. The van der Waals surface area contributed by atoms with Gasteiger partial charge in [0.1, 0.15) is 0 Å². The van der Waals surface area contributed by atoms with E-state index >= 15 is 0 Å². The molecule has 1 aliphatic heterocycles. The number of likely N-dealkylation sites (tertiary alicyclic amines) is 1. The molecule has 0 atom stereocenters. The number of piperidine rings is 1. The van der Waals surface area contributed by atoms with Crippen molar-refractivity contribution in [3.63, 3.8) is 0 Å². The van der Waals surface area contributed by atoms with E-state index in [-0.39, 0.29) is 18.0 Å². The summed E-state index contributed by atoms with van der Waals surface area (Å²) in [5, 5.41) is 6.18. The maximum absolute atomic E-state index is 12.0. The van der Waals surface area contributed by atoms with Gasteiger partial charge in [-0.3, -0.25) is 4.79 Å². The highest BCUT2D eigenvalue weighted by atomic mass is 16.6. The molecule has 132 valence electrons. The molecular formula is C18H27N3O3. The number of amides is 2. The van der Waals surface area contributed by atoms with Crippen LogP contribution in [0, 0.1) is 6.92 Å². The van der Waals surface area contributed by atoms with Crippen molar-refractivity contribution in [2.45, 2.75) is 39.3 Å². The molecule has 0 radical (unpaired) electrons. The van der Waals surface area contributed by atoms with Gasteiger partial charge < -0.3 is 20.3 Å². The highest BCUT2D eigenvalue weighted by Gasteiger charge is 2.24.